The largest absolute Gasteiger partial charge is 0.507 e. The van der Waals surface area contributed by atoms with Crippen molar-refractivity contribution in [1.82, 2.24) is 24.6 Å². The van der Waals surface area contributed by atoms with E-state index in [1.54, 1.807) is 40.1 Å². The van der Waals surface area contributed by atoms with Gasteiger partial charge in [-0.15, -0.1) is 0 Å². The Bertz CT molecular complexity index is 2270. The third-order valence-electron chi connectivity index (χ3n) is 12.7. The van der Waals surface area contributed by atoms with E-state index in [4.69, 9.17) is 22.3 Å². The summed E-state index contributed by atoms with van der Waals surface area (Å²) in [6.07, 6.45) is 8.42. The van der Waals surface area contributed by atoms with E-state index in [-0.39, 0.29) is 35.7 Å². The quantitative estimate of drug-likeness (QED) is 0.126. The Labute approximate surface area is 356 Å². The van der Waals surface area contributed by atoms with E-state index in [1.807, 2.05) is 42.5 Å². The Morgan fingerprint density at radius 3 is 2.30 bits per heavy atom. The number of para-hydroxylation sites is 1. The first-order chi connectivity index (χ1) is 29.4. The summed E-state index contributed by atoms with van der Waals surface area (Å²) in [5.74, 6) is 0.0988. The lowest BCUT2D eigenvalue weighted by molar-refractivity contribution is -0.120. The zero-order chi connectivity index (χ0) is 43.3. The highest BCUT2D eigenvalue weighted by atomic mass is 19.1. The van der Waals surface area contributed by atoms with E-state index in [2.05, 4.69) is 31.9 Å². The van der Waals surface area contributed by atoms with Crippen LogP contribution in [0.2, 0.25) is 0 Å². The topological polar surface area (TPSA) is 200 Å². The molecule has 61 heavy (non-hydrogen) atoms. The lowest BCUT2D eigenvalue weighted by Crippen LogP contribution is -2.51. The lowest BCUT2D eigenvalue weighted by atomic mass is 9.89. The number of piperidine rings is 3. The van der Waals surface area contributed by atoms with Gasteiger partial charge in [0.2, 0.25) is 5.91 Å². The first-order valence-electron chi connectivity index (χ1n) is 21.2. The molecule has 0 spiro atoms. The van der Waals surface area contributed by atoms with Gasteiger partial charge < -0.3 is 46.7 Å². The fourth-order valence-electron chi connectivity index (χ4n) is 9.32. The van der Waals surface area contributed by atoms with Gasteiger partial charge in [-0.3, -0.25) is 19.8 Å². The van der Waals surface area contributed by atoms with E-state index in [9.17, 15) is 19.5 Å². The average molecular weight is 836 g/mol. The van der Waals surface area contributed by atoms with Crippen LogP contribution in [0.3, 0.4) is 0 Å². The number of alkyl halides is 1. The number of aliphatic hydroxyl groups is 1. The van der Waals surface area contributed by atoms with Crippen molar-refractivity contribution in [1.29, 1.82) is 0 Å². The summed E-state index contributed by atoms with van der Waals surface area (Å²) in [4.78, 5) is 45.3. The van der Waals surface area contributed by atoms with Crippen LogP contribution in [0, 0.1) is 0 Å². The normalized spacial score (nSPS) is 20.2. The molecule has 1 atom stereocenters. The summed E-state index contributed by atoms with van der Waals surface area (Å²) in [6, 6.07) is 22.6. The molecule has 0 radical (unpaired) electrons. The molecule has 4 aliphatic rings. The number of fused-ring (bicyclic) bond motifs is 1. The Morgan fingerprint density at radius 2 is 1.61 bits per heavy atom. The van der Waals surface area contributed by atoms with Crippen LogP contribution in [0.5, 0.6) is 5.75 Å². The first kappa shape index (κ1) is 43.0. The Kier molecular flexibility index (Phi) is 13.2. The number of phenols is 1. The molecule has 324 valence electrons. The zero-order valence-corrected chi connectivity index (χ0v) is 34.8. The predicted molar refractivity (Wildman–Crippen MR) is 235 cm³/mol. The number of aromatic nitrogens is 1. The molecule has 1 unspecified atom stereocenters. The van der Waals surface area contributed by atoms with Gasteiger partial charge in [0.05, 0.1) is 5.70 Å². The number of imide groups is 1. The van der Waals surface area contributed by atoms with Gasteiger partial charge in [-0.1, -0.05) is 24.3 Å². The Hall–Kier alpha value is -6.06. The number of anilines is 1. The van der Waals surface area contributed by atoms with Crippen molar-refractivity contribution in [2.75, 3.05) is 64.4 Å². The monoisotopic (exact) mass is 835 g/mol. The number of halogens is 1. The molecule has 8 rings (SSSR count). The van der Waals surface area contributed by atoms with Crippen molar-refractivity contribution >= 4 is 40.1 Å². The lowest BCUT2D eigenvalue weighted by Gasteiger charge is -2.41. The summed E-state index contributed by atoms with van der Waals surface area (Å²) in [7, 11) is 1.00. The van der Waals surface area contributed by atoms with Gasteiger partial charge in [-0.25, -0.2) is 9.18 Å². The number of likely N-dealkylation sites (tertiary alicyclic amines) is 3. The molecule has 1 aromatic heterocycles. The molecule has 4 fully saturated rings. The number of urea groups is 1. The maximum Gasteiger partial charge on any atom is 0.328 e. The Balaban J connectivity index is 0.00000277. The minimum absolute atomic E-state index is 0.0732. The predicted octanol–water partition coefficient (Wildman–Crippen LogP) is 4.95. The number of nitrogens with two attached hydrogens (primary N) is 3. The van der Waals surface area contributed by atoms with Gasteiger partial charge in [-0.05, 0) is 85.9 Å². The van der Waals surface area contributed by atoms with Crippen LogP contribution in [0.1, 0.15) is 78.4 Å². The van der Waals surface area contributed by atoms with Crippen molar-refractivity contribution in [3.05, 3.63) is 113 Å². The standard InChI is InChI=1S/C45H54FN9O4.CH4O/c46-45(29-51-20-14-34(15-21-51)54-22-13-32-26-35(11-12-38(32)54)55-23-16-41(57)50-44(55)59)17-24-52(25-18-45)43(58)31-9-7-30(8-10-31)33-4-3-19-53(28-33)39(42(48)49)27-37(47)36-5-1-2-6-40(36)56;1-2/h1-2,5-13,22,26-27,33-34,56H,3-4,14-21,23-25,28-29,47-49H2,(H,50,57,59);2H,1H3/b37-27-;. The number of benzene rings is 3. The summed E-state index contributed by atoms with van der Waals surface area (Å²) in [5.41, 5.74) is 22.4. The average Bonchev–Trinajstić information content (AvgIpc) is 3.70. The number of carbonyl (C=O) groups is 3. The molecule has 4 saturated heterocycles. The van der Waals surface area contributed by atoms with E-state index in [0.717, 1.165) is 74.6 Å². The number of carbonyl (C=O) groups excluding carboxylic acids is 3. The zero-order valence-electron chi connectivity index (χ0n) is 34.8. The summed E-state index contributed by atoms with van der Waals surface area (Å²) >= 11 is 0. The maximum atomic E-state index is 16.3. The molecule has 0 saturated carbocycles. The molecule has 14 nitrogen and oxygen atoms in total. The molecule has 0 bridgehead atoms. The van der Waals surface area contributed by atoms with Crippen LogP contribution in [0.25, 0.3) is 16.6 Å². The summed E-state index contributed by atoms with van der Waals surface area (Å²) in [5, 5.41) is 20.7. The second-order valence-electron chi connectivity index (χ2n) is 16.5. The van der Waals surface area contributed by atoms with Crippen LogP contribution >= 0.6 is 0 Å². The van der Waals surface area contributed by atoms with Gasteiger partial charge in [0.1, 0.15) is 17.2 Å². The van der Waals surface area contributed by atoms with Gasteiger partial charge in [-0.2, -0.15) is 0 Å². The van der Waals surface area contributed by atoms with E-state index in [1.165, 1.54) is 0 Å². The summed E-state index contributed by atoms with van der Waals surface area (Å²) in [6.45, 7) is 4.51. The molecular formula is C46H58FN9O5. The number of nitrogens with one attached hydrogen (secondary N) is 1. The van der Waals surface area contributed by atoms with Crippen molar-refractivity contribution in [2.24, 2.45) is 17.2 Å². The van der Waals surface area contributed by atoms with E-state index in [0.29, 0.717) is 74.1 Å². The van der Waals surface area contributed by atoms with Gasteiger partial charge in [0, 0.05) is 130 Å². The molecule has 4 aliphatic heterocycles. The number of phenolic OH excluding ortho intramolecular Hbond substituents is 1. The third-order valence-corrected chi connectivity index (χ3v) is 12.7. The van der Waals surface area contributed by atoms with Gasteiger partial charge in [0.15, 0.2) is 0 Å². The van der Waals surface area contributed by atoms with Crippen LogP contribution in [-0.2, 0) is 4.79 Å². The fraction of sp³-hybridized carbons (Fsp3) is 0.413. The SMILES string of the molecule is CO.NC(N)=C(/C=C(\N)c1ccccc1O)N1CCCC(c2ccc(C(=O)N3CCC(F)(CN4CCC(n5ccc6cc(N7CCC(=O)NC7=O)ccc65)CC4)CC3)cc2)C1. The summed E-state index contributed by atoms with van der Waals surface area (Å²) < 4.78 is 18.6. The number of aromatic hydroxyl groups is 1. The van der Waals surface area contributed by atoms with Crippen molar-refractivity contribution < 1.29 is 29.0 Å². The minimum atomic E-state index is -1.34. The second kappa shape index (κ2) is 18.7. The minimum Gasteiger partial charge on any atom is -0.507 e. The number of hydrogen-bond acceptors (Lipinski definition) is 10. The number of rotatable bonds is 9. The third kappa shape index (κ3) is 9.63. The highest BCUT2D eigenvalue weighted by Crippen LogP contribution is 2.35. The second-order valence-corrected chi connectivity index (χ2v) is 16.5. The van der Waals surface area contributed by atoms with Crippen LogP contribution in [0.15, 0.2) is 96.6 Å². The van der Waals surface area contributed by atoms with E-state index >= 15 is 4.39 Å². The number of amides is 4. The number of allylic oxidation sites excluding steroid dienone is 1. The fourth-order valence-corrected chi connectivity index (χ4v) is 9.32. The van der Waals surface area contributed by atoms with Crippen LogP contribution in [-0.4, -0.2) is 112 Å². The molecule has 4 amide bonds. The van der Waals surface area contributed by atoms with Crippen LogP contribution in [0.4, 0.5) is 14.9 Å². The molecule has 5 heterocycles. The van der Waals surface area contributed by atoms with Crippen LogP contribution < -0.4 is 27.4 Å². The smallest absolute Gasteiger partial charge is 0.328 e. The first-order valence-corrected chi connectivity index (χ1v) is 21.2. The molecule has 15 heteroatoms. The molecule has 4 aromatic rings. The molecule has 3 aromatic carbocycles. The van der Waals surface area contributed by atoms with Crippen molar-refractivity contribution in [3.8, 4) is 5.75 Å². The highest BCUT2D eigenvalue weighted by molar-refractivity contribution is 6.06. The van der Waals surface area contributed by atoms with Gasteiger partial charge >= 0.3 is 6.03 Å². The number of aliphatic hydroxyl groups excluding tert-OH is 1. The molecular weight excluding hydrogens is 778 g/mol. The highest BCUT2D eigenvalue weighted by Gasteiger charge is 2.39. The maximum absolute atomic E-state index is 16.3. The van der Waals surface area contributed by atoms with Crippen molar-refractivity contribution in [3.63, 3.8) is 0 Å². The number of nitrogens with zero attached hydrogens (tertiary/aromatic N) is 5. The van der Waals surface area contributed by atoms with E-state index < -0.39 is 11.7 Å². The molecule has 9 N–H and O–H groups in total. The number of hydrogen-bond donors (Lipinski definition) is 6. The van der Waals surface area contributed by atoms with Gasteiger partial charge in [0.25, 0.3) is 5.91 Å². The Morgan fingerprint density at radius 1 is 0.885 bits per heavy atom. The molecule has 0 aliphatic carbocycles. The van der Waals surface area contributed by atoms with Crippen molar-refractivity contribution in [2.45, 2.75) is 62.6 Å².